The standard InChI is InChI=1S/C17H20N2OS/c1-18-17(20)16(21-15-10-5-4-6-11-15)13-8-7-9-14(12-13)19(2)3/h4-12,16H,1-3H3,(H,18,20). The van der Waals surface area contributed by atoms with Crippen molar-refractivity contribution in [3.05, 3.63) is 60.2 Å². The first-order valence-electron chi connectivity index (χ1n) is 6.82. The number of rotatable bonds is 5. The van der Waals surface area contributed by atoms with Gasteiger partial charge in [0, 0.05) is 31.7 Å². The molecule has 1 unspecified atom stereocenters. The van der Waals surface area contributed by atoms with Crippen LogP contribution in [0.25, 0.3) is 0 Å². The van der Waals surface area contributed by atoms with Gasteiger partial charge >= 0.3 is 0 Å². The summed E-state index contributed by atoms with van der Waals surface area (Å²) in [5.41, 5.74) is 2.10. The van der Waals surface area contributed by atoms with Crippen molar-refractivity contribution in [1.82, 2.24) is 5.32 Å². The number of likely N-dealkylation sites (N-methyl/N-ethyl adjacent to an activating group) is 1. The Kier molecular flexibility index (Phi) is 5.28. The Balaban J connectivity index is 2.32. The van der Waals surface area contributed by atoms with Crippen molar-refractivity contribution in [1.29, 1.82) is 0 Å². The second kappa shape index (κ2) is 7.18. The fourth-order valence-electron chi connectivity index (χ4n) is 2.01. The number of nitrogens with zero attached hydrogens (tertiary/aromatic N) is 1. The number of benzene rings is 2. The Bertz CT molecular complexity index is 599. The Morgan fingerprint density at radius 1 is 1.10 bits per heavy atom. The number of hydrogen-bond donors (Lipinski definition) is 1. The van der Waals surface area contributed by atoms with Gasteiger partial charge in [-0.25, -0.2) is 0 Å². The Morgan fingerprint density at radius 2 is 1.81 bits per heavy atom. The van der Waals surface area contributed by atoms with E-state index >= 15 is 0 Å². The Labute approximate surface area is 130 Å². The third-order valence-corrected chi connectivity index (χ3v) is 4.44. The van der Waals surface area contributed by atoms with Crippen molar-refractivity contribution < 1.29 is 4.79 Å². The highest BCUT2D eigenvalue weighted by molar-refractivity contribution is 8.00. The molecule has 2 aromatic rings. The van der Waals surface area contributed by atoms with Gasteiger partial charge in [0.25, 0.3) is 0 Å². The van der Waals surface area contributed by atoms with Gasteiger partial charge in [0.2, 0.25) is 5.91 Å². The molecule has 0 bridgehead atoms. The molecule has 21 heavy (non-hydrogen) atoms. The smallest absolute Gasteiger partial charge is 0.237 e. The molecule has 0 aliphatic rings. The lowest BCUT2D eigenvalue weighted by molar-refractivity contribution is -0.120. The van der Waals surface area contributed by atoms with Crippen molar-refractivity contribution in [2.24, 2.45) is 0 Å². The SMILES string of the molecule is CNC(=O)C(Sc1ccccc1)c1cccc(N(C)C)c1. The summed E-state index contributed by atoms with van der Waals surface area (Å²) in [6, 6.07) is 18.1. The van der Waals surface area contributed by atoms with E-state index in [-0.39, 0.29) is 11.2 Å². The van der Waals surface area contributed by atoms with Crippen molar-refractivity contribution >= 4 is 23.4 Å². The third-order valence-electron chi connectivity index (χ3n) is 3.17. The van der Waals surface area contributed by atoms with Crippen LogP contribution in [0.3, 0.4) is 0 Å². The minimum Gasteiger partial charge on any atom is -0.378 e. The number of thioether (sulfide) groups is 1. The van der Waals surface area contributed by atoms with Gasteiger partial charge in [0.15, 0.2) is 0 Å². The molecular weight excluding hydrogens is 280 g/mol. The molecule has 1 atom stereocenters. The summed E-state index contributed by atoms with van der Waals surface area (Å²) in [4.78, 5) is 15.4. The molecule has 0 saturated carbocycles. The normalized spacial score (nSPS) is 11.8. The van der Waals surface area contributed by atoms with Crippen LogP contribution in [0.5, 0.6) is 0 Å². The van der Waals surface area contributed by atoms with Gasteiger partial charge in [0.05, 0.1) is 0 Å². The van der Waals surface area contributed by atoms with E-state index in [0.29, 0.717) is 0 Å². The van der Waals surface area contributed by atoms with Crippen LogP contribution in [0.2, 0.25) is 0 Å². The minimum atomic E-state index is -0.253. The maximum Gasteiger partial charge on any atom is 0.237 e. The van der Waals surface area contributed by atoms with Gasteiger partial charge < -0.3 is 10.2 Å². The summed E-state index contributed by atoms with van der Waals surface area (Å²) >= 11 is 1.56. The van der Waals surface area contributed by atoms with Crippen LogP contribution in [0.4, 0.5) is 5.69 Å². The van der Waals surface area contributed by atoms with E-state index < -0.39 is 0 Å². The van der Waals surface area contributed by atoms with E-state index in [1.54, 1.807) is 18.8 Å². The lowest BCUT2D eigenvalue weighted by Gasteiger charge is -2.19. The second-order valence-electron chi connectivity index (χ2n) is 4.91. The molecule has 0 heterocycles. The molecule has 3 nitrogen and oxygen atoms in total. The first-order valence-corrected chi connectivity index (χ1v) is 7.70. The molecule has 0 aliphatic heterocycles. The summed E-state index contributed by atoms with van der Waals surface area (Å²) in [5.74, 6) is 0.0137. The zero-order valence-corrected chi connectivity index (χ0v) is 13.4. The quantitative estimate of drug-likeness (QED) is 0.860. The zero-order chi connectivity index (χ0) is 15.2. The van der Waals surface area contributed by atoms with Crippen LogP contribution < -0.4 is 10.2 Å². The molecule has 0 fully saturated rings. The average molecular weight is 300 g/mol. The predicted molar refractivity (Wildman–Crippen MR) is 89.9 cm³/mol. The van der Waals surface area contributed by atoms with Gasteiger partial charge in [-0.1, -0.05) is 30.3 Å². The van der Waals surface area contributed by atoms with E-state index in [2.05, 4.69) is 11.4 Å². The number of carbonyl (C=O) groups excluding carboxylic acids is 1. The maximum absolute atomic E-state index is 12.3. The Hall–Kier alpha value is -1.94. The number of hydrogen-bond acceptors (Lipinski definition) is 3. The summed E-state index contributed by atoms with van der Waals surface area (Å²) in [6.45, 7) is 0. The number of anilines is 1. The van der Waals surface area contributed by atoms with Gasteiger partial charge in [-0.05, 0) is 29.8 Å². The van der Waals surface area contributed by atoms with Crippen molar-refractivity contribution in [2.75, 3.05) is 26.0 Å². The average Bonchev–Trinajstić information content (AvgIpc) is 2.53. The van der Waals surface area contributed by atoms with Crippen molar-refractivity contribution in [3.8, 4) is 0 Å². The van der Waals surface area contributed by atoms with Crippen LogP contribution in [-0.4, -0.2) is 27.1 Å². The van der Waals surface area contributed by atoms with Crippen LogP contribution in [0.1, 0.15) is 10.8 Å². The van der Waals surface area contributed by atoms with Crippen LogP contribution in [0, 0.1) is 0 Å². The zero-order valence-electron chi connectivity index (χ0n) is 12.5. The van der Waals surface area contributed by atoms with Gasteiger partial charge in [0.1, 0.15) is 5.25 Å². The summed E-state index contributed by atoms with van der Waals surface area (Å²) in [5, 5.41) is 2.51. The lowest BCUT2D eigenvalue weighted by Crippen LogP contribution is -2.24. The van der Waals surface area contributed by atoms with Crippen molar-refractivity contribution in [2.45, 2.75) is 10.1 Å². The molecular formula is C17H20N2OS. The third kappa shape index (κ3) is 4.02. The lowest BCUT2D eigenvalue weighted by atomic mass is 10.1. The maximum atomic E-state index is 12.3. The van der Waals surface area contributed by atoms with Gasteiger partial charge in [-0.3, -0.25) is 4.79 Å². The van der Waals surface area contributed by atoms with E-state index in [1.807, 2.05) is 67.5 Å². The highest BCUT2D eigenvalue weighted by Gasteiger charge is 2.21. The summed E-state index contributed by atoms with van der Waals surface area (Å²) in [6.07, 6.45) is 0. The van der Waals surface area contributed by atoms with E-state index in [1.165, 1.54) is 0 Å². The van der Waals surface area contributed by atoms with Gasteiger partial charge in [-0.15, -0.1) is 11.8 Å². The van der Waals surface area contributed by atoms with Crippen LogP contribution in [0.15, 0.2) is 59.5 Å². The fraction of sp³-hybridized carbons (Fsp3) is 0.235. The number of carbonyl (C=O) groups is 1. The first-order chi connectivity index (χ1) is 10.1. The topological polar surface area (TPSA) is 32.3 Å². The van der Waals surface area contributed by atoms with Gasteiger partial charge in [-0.2, -0.15) is 0 Å². The molecule has 0 aliphatic carbocycles. The number of amides is 1. The van der Waals surface area contributed by atoms with E-state index in [0.717, 1.165) is 16.1 Å². The first kappa shape index (κ1) is 15.4. The van der Waals surface area contributed by atoms with Crippen molar-refractivity contribution in [3.63, 3.8) is 0 Å². The molecule has 1 amide bonds. The van der Waals surface area contributed by atoms with E-state index in [4.69, 9.17) is 0 Å². The van der Waals surface area contributed by atoms with E-state index in [9.17, 15) is 4.79 Å². The van der Waals surface area contributed by atoms with Crippen LogP contribution in [-0.2, 0) is 4.79 Å². The highest BCUT2D eigenvalue weighted by atomic mass is 32.2. The predicted octanol–water partition coefficient (Wildman–Crippen LogP) is 3.33. The molecule has 4 heteroatoms. The summed E-state index contributed by atoms with van der Waals surface area (Å²) < 4.78 is 0. The molecule has 0 saturated heterocycles. The molecule has 0 aromatic heterocycles. The largest absolute Gasteiger partial charge is 0.378 e. The molecule has 2 aromatic carbocycles. The highest BCUT2D eigenvalue weighted by Crippen LogP contribution is 2.36. The Morgan fingerprint density at radius 3 is 2.43 bits per heavy atom. The summed E-state index contributed by atoms with van der Waals surface area (Å²) in [7, 11) is 5.67. The molecule has 2 rings (SSSR count). The molecule has 1 N–H and O–H groups in total. The molecule has 0 spiro atoms. The second-order valence-corrected chi connectivity index (χ2v) is 6.09. The molecule has 0 radical (unpaired) electrons. The molecule has 110 valence electrons. The fourth-order valence-corrected chi connectivity index (χ4v) is 3.10. The van der Waals surface area contributed by atoms with Crippen LogP contribution >= 0.6 is 11.8 Å². The number of nitrogens with one attached hydrogen (secondary N) is 1. The minimum absolute atomic E-state index is 0.0137. The monoisotopic (exact) mass is 300 g/mol.